The summed E-state index contributed by atoms with van der Waals surface area (Å²) < 4.78 is 5.58. The molecule has 0 aromatic heterocycles. The summed E-state index contributed by atoms with van der Waals surface area (Å²) in [6.45, 7) is 10.6. The Balaban J connectivity index is 2.01. The predicted molar refractivity (Wildman–Crippen MR) is 81.1 cm³/mol. The molecule has 19 heavy (non-hydrogen) atoms. The van der Waals surface area contributed by atoms with E-state index < -0.39 is 0 Å². The molecule has 1 aliphatic heterocycles. The van der Waals surface area contributed by atoms with Crippen LogP contribution in [0.3, 0.4) is 0 Å². The number of benzene rings is 1. The van der Waals surface area contributed by atoms with Gasteiger partial charge in [0.2, 0.25) is 0 Å². The van der Waals surface area contributed by atoms with Crippen LogP contribution in [0.25, 0.3) is 0 Å². The Hall–Kier alpha value is -1.22. The van der Waals surface area contributed by atoms with Gasteiger partial charge in [0.1, 0.15) is 5.75 Å². The number of anilines is 1. The van der Waals surface area contributed by atoms with Crippen LogP contribution in [-0.4, -0.2) is 32.3 Å². The second kappa shape index (κ2) is 6.80. The highest BCUT2D eigenvalue weighted by molar-refractivity contribution is 5.51. The maximum atomic E-state index is 5.58. The van der Waals surface area contributed by atoms with Crippen LogP contribution in [-0.2, 0) is 0 Å². The first-order valence-electron chi connectivity index (χ1n) is 7.45. The van der Waals surface area contributed by atoms with Crippen molar-refractivity contribution in [1.29, 1.82) is 0 Å². The highest BCUT2D eigenvalue weighted by Gasteiger charge is 2.25. The lowest BCUT2D eigenvalue weighted by molar-refractivity contribution is 0.325. The van der Waals surface area contributed by atoms with E-state index in [0.29, 0.717) is 12.0 Å². The van der Waals surface area contributed by atoms with Gasteiger partial charge in [0.15, 0.2) is 0 Å². The molecule has 3 heteroatoms. The molecular formula is C16H26N2O. The molecule has 0 radical (unpaired) electrons. The molecule has 3 nitrogen and oxygen atoms in total. The van der Waals surface area contributed by atoms with E-state index in [1.165, 1.54) is 12.1 Å². The first-order chi connectivity index (χ1) is 9.24. The topological polar surface area (TPSA) is 24.5 Å². The van der Waals surface area contributed by atoms with Crippen molar-refractivity contribution in [3.63, 3.8) is 0 Å². The second-order valence-corrected chi connectivity index (χ2v) is 5.31. The molecule has 2 rings (SSSR count). The van der Waals surface area contributed by atoms with E-state index in [9.17, 15) is 0 Å². The molecule has 1 aromatic rings. The SMILES string of the molecule is CCNC1CCN(c2cccc(OCC)c2)CC1C. The summed E-state index contributed by atoms with van der Waals surface area (Å²) in [5, 5.41) is 3.59. The van der Waals surface area contributed by atoms with Crippen molar-refractivity contribution in [2.24, 2.45) is 5.92 Å². The van der Waals surface area contributed by atoms with Crippen molar-refractivity contribution in [3.05, 3.63) is 24.3 Å². The van der Waals surface area contributed by atoms with E-state index in [2.05, 4.69) is 42.3 Å². The molecule has 1 aromatic carbocycles. The van der Waals surface area contributed by atoms with Crippen LogP contribution < -0.4 is 15.0 Å². The fourth-order valence-electron chi connectivity index (χ4n) is 2.88. The van der Waals surface area contributed by atoms with Crippen LogP contribution in [0.2, 0.25) is 0 Å². The van der Waals surface area contributed by atoms with Gasteiger partial charge in [0.05, 0.1) is 6.61 Å². The maximum absolute atomic E-state index is 5.58. The summed E-state index contributed by atoms with van der Waals surface area (Å²) in [5.41, 5.74) is 1.28. The molecule has 2 atom stereocenters. The number of piperidine rings is 1. The van der Waals surface area contributed by atoms with Crippen LogP contribution in [0.4, 0.5) is 5.69 Å². The van der Waals surface area contributed by atoms with Gasteiger partial charge in [0.25, 0.3) is 0 Å². The van der Waals surface area contributed by atoms with Gasteiger partial charge in [-0.1, -0.05) is 19.9 Å². The first-order valence-corrected chi connectivity index (χ1v) is 7.45. The molecule has 1 N–H and O–H groups in total. The van der Waals surface area contributed by atoms with Gasteiger partial charge < -0.3 is 15.0 Å². The lowest BCUT2D eigenvalue weighted by Gasteiger charge is -2.38. The Morgan fingerprint density at radius 3 is 2.89 bits per heavy atom. The zero-order valence-electron chi connectivity index (χ0n) is 12.4. The number of nitrogens with zero attached hydrogens (tertiary/aromatic N) is 1. The Morgan fingerprint density at radius 1 is 1.37 bits per heavy atom. The Bertz CT molecular complexity index is 394. The fourth-order valence-corrected chi connectivity index (χ4v) is 2.88. The molecule has 1 fully saturated rings. The van der Waals surface area contributed by atoms with Crippen LogP contribution in [0.15, 0.2) is 24.3 Å². The molecule has 2 unspecified atom stereocenters. The number of rotatable bonds is 5. The van der Waals surface area contributed by atoms with E-state index in [4.69, 9.17) is 4.74 Å². The first kappa shape index (κ1) is 14.2. The Kier molecular flexibility index (Phi) is 5.08. The van der Waals surface area contributed by atoms with Crippen LogP contribution in [0, 0.1) is 5.92 Å². The summed E-state index contributed by atoms with van der Waals surface area (Å²) in [4.78, 5) is 2.47. The second-order valence-electron chi connectivity index (χ2n) is 5.31. The number of hydrogen-bond donors (Lipinski definition) is 1. The average Bonchev–Trinajstić information content (AvgIpc) is 2.42. The van der Waals surface area contributed by atoms with Crippen LogP contribution in [0.1, 0.15) is 27.2 Å². The Morgan fingerprint density at radius 2 is 2.21 bits per heavy atom. The molecule has 0 spiro atoms. The van der Waals surface area contributed by atoms with Crippen molar-refractivity contribution in [3.8, 4) is 5.75 Å². The van der Waals surface area contributed by atoms with Crippen molar-refractivity contribution < 1.29 is 4.74 Å². The molecule has 1 saturated heterocycles. The number of ether oxygens (including phenoxy) is 1. The monoisotopic (exact) mass is 262 g/mol. The molecule has 0 amide bonds. The summed E-state index contributed by atoms with van der Waals surface area (Å²) in [5.74, 6) is 1.66. The summed E-state index contributed by atoms with van der Waals surface area (Å²) in [6.07, 6.45) is 1.22. The third-order valence-corrected chi connectivity index (χ3v) is 3.87. The van der Waals surface area contributed by atoms with E-state index in [1.54, 1.807) is 0 Å². The van der Waals surface area contributed by atoms with Gasteiger partial charge in [-0.05, 0) is 37.9 Å². The molecular weight excluding hydrogens is 236 g/mol. The quantitative estimate of drug-likeness (QED) is 0.883. The van der Waals surface area contributed by atoms with Crippen molar-refractivity contribution in [1.82, 2.24) is 5.32 Å². The minimum atomic E-state index is 0.663. The van der Waals surface area contributed by atoms with Gasteiger partial charge in [-0.2, -0.15) is 0 Å². The van der Waals surface area contributed by atoms with Crippen LogP contribution in [0.5, 0.6) is 5.75 Å². The fraction of sp³-hybridized carbons (Fsp3) is 0.625. The minimum absolute atomic E-state index is 0.663. The lowest BCUT2D eigenvalue weighted by atomic mass is 9.93. The van der Waals surface area contributed by atoms with Crippen LogP contribution >= 0.6 is 0 Å². The van der Waals surface area contributed by atoms with E-state index in [1.807, 2.05) is 13.0 Å². The highest BCUT2D eigenvalue weighted by atomic mass is 16.5. The van der Waals surface area contributed by atoms with Gasteiger partial charge in [0, 0.05) is 30.9 Å². The van der Waals surface area contributed by atoms with Gasteiger partial charge in [-0.15, -0.1) is 0 Å². The zero-order chi connectivity index (χ0) is 13.7. The van der Waals surface area contributed by atoms with Gasteiger partial charge in [-0.3, -0.25) is 0 Å². The summed E-state index contributed by atoms with van der Waals surface area (Å²) in [7, 11) is 0. The van der Waals surface area contributed by atoms with Gasteiger partial charge in [-0.25, -0.2) is 0 Å². The normalized spacial score (nSPS) is 23.4. The third kappa shape index (κ3) is 3.63. The van der Waals surface area contributed by atoms with E-state index in [0.717, 1.165) is 32.0 Å². The smallest absolute Gasteiger partial charge is 0.121 e. The summed E-state index contributed by atoms with van der Waals surface area (Å²) >= 11 is 0. The zero-order valence-corrected chi connectivity index (χ0v) is 12.4. The molecule has 0 aliphatic carbocycles. The summed E-state index contributed by atoms with van der Waals surface area (Å²) in [6, 6.07) is 9.12. The van der Waals surface area contributed by atoms with Gasteiger partial charge >= 0.3 is 0 Å². The van der Waals surface area contributed by atoms with E-state index in [-0.39, 0.29) is 0 Å². The number of nitrogens with one attached hydrogen (secondary N) is 1. The predicted octanol–water partition coefficient (Wildman–Crippen LogP) is 2.91. The molecule has 106 valence electrons. The average molecular weight is 262 g/mol. The minimum Gasteiger partial charge on any atom is -0.494 e. The van der Waals surface area contributed by atoms with Crippen molar-refractivity contribution in [2.75, 3.05) is 31.1 Å². The Labute approximate surface area is 116 Å². The largest absolute Gasteiger partial charge is 0.494 e. The van der Waals surface area contributed by atoms with E-state index >= 15 is 0 Å². The molecule has 1 aliphatic rings. The lowest BCUT2D eigenvalue weighted by Crippen LogP contribution is -2.48. The standard InChI is InChI=1S/C16H26N2O/c1-4-17-16-9-10-18(12-13(16)3)14-7-6-8-15(11-14)19-5-2/h6-8,11,13,16-17H,4-5,9-10,12H2,1-3H3. The van der Waals surface area contributed by atoms with Crippen molar-refractivity contribution >= 4 is 5.69 Å². The number of hydrogen-bond acceptors (Lipinski definition) is 3. The molecule has 0 saturated carbocycles. The molecule has 0 bridgehead atoms. The third-order valence-electron chi connectivity index (χ3n) is 3.87. The highest BCUT2D eigenvalue weighted by Crippen LogP contribution is 2.26. The maximum Gasteiger partial charge on any atom is 0.121 e. The van der Waals surface area contributed by atoms with Crippen molar-refractivity contribution in [2.45, 2.75) is 33.2 Å². The molecule has 1 heterocycles.